The highest BCUT2D eigenvalue weighted by molar-refractivity contribution is 5.97. The maximum atomic E-state index is 14.5. The minimum Gasteiger partial charge on any atom is -0.493 e. The fourth-order valence-electron chi connectivity index (χ4n) is 4.28. The highest BCUT2D eigenvalue weighted by Crippen LogP contribution is 2.55. The second-order valence-corrected chi connectivity index (χ2v) is 8.76. The Kier molecular flexibility index (Phi) is 8.38. The molecule has 0 aliphatic carbocycles. The van der Waals surface area contributed by atoms with Gasteiger partial charge in [0.15, 0.2) is 17.2 Å². The number of carbonyl (C=O) groups is 2. The predicted octanol–water partition coefficient (Wildman–Crippen LogP) is 3.53. The van der Waals surface area contributed by atoms with Gasteiger partial charge in [-0.1, -0.05) is 13.0 Å². The van der Waals surface area contributed by atoms with E-state index >= 15 is 0 Å². The Morgan fingerprint density at radius 2 is 1.95 bits per heavy atom. The van der Waals surface area contributed by atoms with Gasteiger partial charge in [-0.2, -0.15) is 17.6 Å². The topological polar surface area (TPSA) is 116 Å². The van der Waals surface area contributed by atoms with Crippen LogP contribution in [0.4, 0.5) is 27.6 Å². The van der Waals surface area contributed by atoms with Crippen molar-refractivity contribution in [1.29, 1.82) is 0 Å². The quantitative estimate of drug-likeness (QED) is 0.355. The number of hydrogen-bond donors (Lipinski definition) is 3. The molecular formula is C24H27F5N4O4. The van der Waals surface area contributed by atoms with E-state index in [0.717, 1.165) is 26.2 Å². The molecule has 1 aliphatic heterocycles. The maximum Gasteiger partial charge on any atom is 0.417 e. The van der Waals surface area contributed by atoms with Gasteiger partial charge in [0.1, 0.15) is 11.8 Å². The molecule has 4 N–H and O–H groups in total. The van der Waals surface area contributed by atoms with Crippen molar-refractivity contribution in [2.24, 2.45) is 11.7 Å². The summed E-state index contributed by atoms with van der Waals surface area (Å²) in [4.78, 5) is 29.4. The molecule has 1 saturated heterocycles. The number of anilines is 1. The number of rotatable bonds is 8. The molecule has 0 spiro atoms. The van der Waals surface area contributed by atoms with Crippen LogP contribution in [-0.4, -0.2) is 54.9 Å². The summed E-state index contributed by atoms with van der Waals surface area (Å²) in [7, 11) is 1.04. The standard InChI is InChI=1S/C24H27F5N4O4/c1-12-17(14-5-6-15(25)18(26)19(14)36-3)20(37-23(12,2)24(27,28)29)22(35)33-13-7-10-31-16(11-13)21(34)32-9-4-8-30/h5-7,10-12,17,20H,4,8-9,30H2,1-3H3,(H,32,34)(H,31,33,35)/t12-,17-,20+,23+/m0/s1. The first-order chi connectivity index (χ1) is 17.4. The lowest BCUT2D eigenvalue weighted by molar-refractivity contribution is -0.272. The number of hydrogen-bond acceptors (Lipinski definition) is 6. The number of methoxy groups -OCH3 is 1. The third kappa shape index (κ3) is 5.52. The Bertz CT molecular complexity index is 1160. The largest absolute Gasteiger partial charge is 0.493 e. The monoisotopic (exact) mass is 530 g/mol. The van der Waals surface area contributed by atoms with Crippen molar-refractivity contribution >= 4 is 17.5 Å². The zero-order valence-corrected chi connectivity index (χ0v) is 20.3. The van der Waals surface area contributed by atoms with E-state index in [0.29, 0.717) is 19.5 Å². The first-order valence-corrected chi connectivity index (χ1v) is 11.4. The Hall–Kier alpha value is -3.32. The number of benzene rings is 1. The second kappa shape index (κ2) is 11.0. The summed E-state index contributed by atoms with van der Waals surface area (Å²) in [5, 5.41) is 5.04. The van der Waals surface area contributed by atoms with Crippen molar-refractivity contribution in [1.82, 2.24) is 10.3 Å². The average molecular weight is 530 g/mol. The minimum atomic E-state index is -4.89. The van der Waals surface area contributed by atoms with E-state index < -0.39 is 58.9 Å². The molecule has 1 aromatic heterocycles. The molecule has 0 radical (unpaired) electrons. The number of alkyl halides is 3. The molecule has 37 heavy (non-hydrogen) atoms. The van der Waals surface area contributed by atoms with Gasteiger partial charge < -0.3 is 25.8 Å². The Morgan fingerprint density at radius 3 is 2.57 bits per heavy atom. The van der Waals surface area contributed by atoms with Crippen molar-refractivity contribution in [2.75, 3.05) is 25.5 Å². The van der Waals surface area contributed by atoms with Crippen LogP contribution < -0.4 is 21.1 Å². The third-order valence-electron chi connectivity index (χ3n) is 6.50. The number of aromatic nitrogens is 1. The number of halogens is 5. The molecule has 1 aromatic carbocycles. The molecule has 2 amide bonds. The summed E-state index contributed by atoms with van der Waals surface area (Å²) in [5.41, 5.74) is 2.47. The molecule has 202 valence electrons. The highest BCUT2D eigenvalue weighted by Gasteiger charge is 2.65. The predicted molar refractivity (Wildman–Crippen MR) is 123 cm³/mol. The second-order valence-electron chi connectivity index (χ2n) is 8.76. The number of nitrogens with one attached hydrogen (secondary N) is 2. The molecule has 0 unspecified atom stereocenters. The van der Waals surface area contributed by atoms with Crippen LogP contribution >= 0.6 is 0 Å². The van der Waals surface area contributed by atoms with E-state index in [4.69, 9.17) is 15.2 Å². The van der Waals surface area contributed by atoms with Gasteiger partial charge in [-0.3, -0.25) is 14.6 Å². The van der Waals surface area contributed by atoms with Gasteiger partial charge in [-0.15, -0.1) is 0 Å². The van der Waals surface area contributed by atoms with Crippen molar-refractivity contribution in [3.8, 4) is 5.75 Å². The van der Waals surface area contributed by atoms with Crippen molar-refractivity contribution in [3.63, 3.8) is 0 Å². The minimum absolute atomic E-state index is 0.0468. The summed E-state index contributed by atoms with van der Waals surface area (Å²) in [6.07, 6.45) is -4.89. The smallest absolute Gasteiger partial charge is 0.417 e. The summed E-state index contributed by atoms with van der Waals surface area (Å²) in [6.45, 7) is 2.67. The molecular weight excluding hydrogens is 503 g/mol. The van der Waals surface area contributed by atoms with E-state index in [1.165, 1.54) is 25.3 Å². The molecule has 13 heteroatoms. The number of nitrogens with two attached hydrogens (primary N) is 1. The van der Waals surface area contributed by atoms with Gasteiger partial charge >= 0.3 is 6.18 Å². The molecule has 1 aliphatic rings. The Balaban J connectivity index is 1.96. The lowest BCUT2D eigenvalue weighted by Crippen LogP contribution is -2.47. The van der Waals surface area contributed by atoms with Crippen LogP contribution in [0.25, 0.3) is 0 Å². The van der Waals surface area contributed by atoms with Gasteiger partial charge in [0, 0.05) is 35.8 Å². The van der Waals surface area contributed by atoms with Gasteiger partial charge in [0.25, 0.3) is 11.8 Å². The van der Waals surface area contributed by atoms with Crippen molar-refractivity contribution in [2.45, 2.75) is 44.1 Å². The molecule has 0 bridgehead atoms. The van der Waals surface area contributed by atoms with Crippen LogP contribution in [0.2, 0.25) is 0 Å². The van der Waals surface area contributed by atoms with Crippen molar-refractivity contribution in [3.05, 3.63) is 53.4 Å². The maximum absolute atomic E-state index is 14.5. The molecule has 3 rings (SSSR count). The number of pyridine rings is 1. The van der Waals surface area contributed by atoms with Gasteiger partial charge in [-0.05, 0) is 38.1 Å². The van der Waals surface area contributed by atoms with Crippen molar-refractivity contribution < 1.29 is 41.0 Å². The third-order valence-corrected chi connectivity index (χ3v) is 6.50. The van der Waals surface area contributed by atoms with E-state index in [9.17, 15) is 31.5 Å². The Labute approximate surface area is 209 Å². The average Bonchev–Trinajstić information content (AvgIpc) is 3.12. The fourth-order valence-corrected chi connectivity index (χ4v) is 4.28. The van der Waals surface area contributed by atoms with Crippen LogP contribution in [-0.2, 0) is 9.53 Å². The summed E-state index contributed by atoms with van der Waals surface area (Å²) in [5.74, 6) is -7.57. The zero-order valence-electron chi connectivity index (χ0n) is 20.3. The van der Waals surface area contributed by atoms with Crippen LogP contribution in [0.1, 0.15) is 42.2 Å². The van der Waals surface area contributed by atoms with Crippen LogP contribution in [0.3, 0.4) is 0 Å². The summed E-state index contributed by atoms with van der Waals surface area (Å²) >= 11 is 0. The first-order valence-electron chi connectivity index (χ1n) is 11.4. The number of carbonyl (C=O) groups excluding carboxylic acids is 2. The van der Waals surface area contributed by atoms with Crippen LogP contribution in [0.5, 0.6) is 5.75 Å². The van der Waals surface area contributed by atoms with E-state index in [1.807, 2.05) is 0 Å². The SMILES string of the molecule is COc1c([C@H]2[C@H](C(=O)Nc3ccnc(C(=O)NCCCN)c3)O[C@@](C)(C(F)(F)F)[C@H]2C)ccc(F)c1F. The van der Waals surface area contributed by atoms with Gasteiger partial charge in [0.2, 0.25) is 5.82 Å². The molecule has 4 atom stereocenters. The fraction of sp³-hybridized carbons (Fsp3) is 0.458. The van der Waals surface area contributed by atoms with Crippen LogP contribution in [0.15, 0.2) is 30.5 Å². The van der Waals surface area contributed by atoms with E-state index in [1.54, 1.807) is 0 Å². The van der Waals surface area contributed by atoms with Crippen LogP contribution in [0, 0.1) is 17.6 Å². The normalized spacial score (nSPS) is 23.5. The number of nitrogens with zero attached hydrogens (tertiary/aromatic N) is 1. The number of ether oxygens (including phenoxy) is 2. The first kappa shape index (κ1) is 28.3. The molecule has 8 nitrogen and oxygen atoms in total. The van der Waals surface area contributed by atoms with E-state index in [-0.39, 0.29) is 16.9 Å². The Morgan fingerprint density at radius 1 is 1.24 bits per heavy atom. The summed E-state index contributed by atoms with van der Waals surface area (Å²) < 4.78 is 80.7. The zero-order chi connectivity index (χ0) is 27.5. The molecule has 1 fully saturated rings. The van der Waals surface area contributed by atoms with E-state index in [2.05, 4.69) is 15.6 Å². The molecule has 2 heterocycles. The molecule has 0 saturated carbocycles. The number of amides is 2. The lowest BCUT2D eigenvalue weighted by Gasteiger charge is -2.32. The molecule has 2 aromatic rings. The lowest BCUT2D eigenvalue weighted by atomic mass is 9.77. The van der Waals surface area contributed by atoms with Gasteiger partial charge in [-0.25, -0.2) is 4.39 Å². The van der Waals surface area contributed by atoms with Gasteiger partial charge in [0.05, 0.1) is 7.11 Å². The highest BCUT2D eigenvalue weighted by atomic mass is 19.4. The summed E-state index contributed by atoms with van der Waals surface area (Å²) in [6, 6.07) is 4.39.